The number of hydrogen-bond donors (Lipinski definition) is 1. The summed E-state index contributed by atoms with van der Waals surface area (Å²) in [5.41, 5.74) is -0.658. The molecule has 1 aromatic heterocycles. The fraction of sp³-hybridized carbons (Fsp3) is 0.278. The van der Waals surface area contributed by atoms with Gasteiger partial charge in [-0.3, -0.25) is 14.7 Å². The molecule has 3 amide bonds. The minimum Gasteiger partial charge on any atom is -0.494 e. The maximum absolute atomic E-state index is 12.8. The molecule has 3 rings (SSSR count). The number of halogens is 1. The van der Waals surface area contributed by atoms with Crippen LogP contribution in [-0.2, 0) is 10.3 Å². The average molecular weight is 343 g/mol. The van der Waals surface area contributed by atoms with E-state index in [0.29, 0.717) is 24.5 Å². The Kier molecular flexibility index (Phi) is 4.65. The molecule has 1 unspecified atom stereocenters. The third-order valence-electron chi connectivity index (χ3n) is 4.06. The van der Waals surface area contributed by atoms with Crippen molar-refractivity contribution in [3.63, 3.8) is 0 Å². The molecule has 2 heterocycles. The topological polar surface area (TPSA) is 71.5 Å². The van der Waals surface area contributed by atoms with Crippen molar-refractivity contribution in [1.82, 2.24) is 15.2 Å². The lowest BCUT2D eigenvalue weighted by Gasteiger charge is -2.20. The predicted molar refractivity (Wildman–Crippen MR) is 88.3 cm³/mol. The maximum atomic E-state index is 12.8. The van der Waals surface area contributed by atoms with Gasteiger partial charge in [-0.25, -0.2) is 9.18 Å². The Morgan fingerprint density at radius 3 is 2.64 bits per heavy atom. The molecule has 0 bridgehead atoms. The first kappa shape index (κ1) is 16.9. The van der Waals surface area contributed by atoms with E-state index in [2.05, 4.69) is 10.3 Å². The molecule has 130 valence electrons. The Bertz CT molecular complexity index is 767. The van der Waals surface area contributed by atoms with E-state index < -0.39 is 11.6 Å². The van der Waals surface area contributed by atoms with E-state index in [1.54, 1.807) is 31.3 Å². The van der Waals surface area contributed by atoms with Gasteiger partial charge in [0.2, 0.25) is 0 Å². The highest BCUT2D eigenvalue weighted by Gasteiger charge is 2.49. The Labute approximate surface area is 144 Å². The van der Waals surface area contributed by atoms with E-state index in [0.717, 1.165) is 0 Å². The summed E-state index contributed by atoms with van der Waals surface area (Å²) in [7, 11) is 0. The second-order valence-electron chi connectivity index (χ2n) is 5.88. The number of urea groups is 1. The van der Waals surface area contributed by atoms with E-state index in [4.69, 9.17) is 4.74 Å². The third kappa shape index (κ3) is 3.45. The SMILES string of the molecule is CC1(c2ccccn2)NC(=O)N(CCCOc2ccc(F)cc2)C1=O. The number of carbonyl (C=O) groups is 2. The van der Waals surface area contributed by atoms with Crippen LogP contribution in [0.5, 0.6) is 5.75 Å². The van der Waals surface area contributed by atoms with Gasteiger partial charge >= 0.3 is 6.03 Å². The summed E-state index contributed by atoms with van der Waals surface area (Å²) >= 11 is 0. The van der Waals surface area contributed by atoms with Crippen molar-refractivity contribution >= 4 is 11.9 Å². The molecule has 0 radical (unpaired) electrons. The van der Waals surface area contributed by atoms with Gasteiger partial charge in [-0.2, -0.15) is 0 Å². The molecular formula is C18H18FN3O3. The molecule has 1 aliphatic heterocycles. The summed E-state index contributed by atoms with van der Waals surface area (Å²) in [4.78, 5) is 30.2. The van der Waals surface area contributed by atoms with E-state index in [-0.39, 0.29) is 18.3 Å². The van der Waals surface area contributed by atoms with Gasteiger partial charge in [0, 0.05) is 12.7 Å². The zero-order chi connectivity index (χ0) is 17.9. The summed E-state index contributed by atoms with van der Waals surface area (Å²) in [5.74, 6) is -0.129. The summed E-state index contributed by atoms with van der Waals surface area (Å²) in [6.45, 7) is 2.18. The van der Waals surface area contributed by atoms with Crippen LogP contribution < -0.4 is 10.1 Å². The van der Waals surface area contributed by atoms with Crippen LogP contribution in [0.2, 0.25) is 0 Å². The lowest BCUT2D eigenvalue weighted by molar-refractivity contribution is -0.131. The molecule has 1 aliphatic rings. The second kappa shape index (κ2) is 6.88. The first-order valence-electron chi connectivity index (χ1n) is 7.95. The number of rotatable bonds is 6. The molecule has 25 heavy (non-hydrogen) atoms. The monoisotopic (exact) mass is 343 g/mol. The molecular weight excluding hydrogens is 325 g/mol. The molecule has 1 fully saturated rings. The molecule has 6 nitrogen and oxygen atoms in total. The highest BCUT2D eigenvalue weighted by atomic mass is 19.1. The lowest BCUT2D eigenvalue weighted by atomic mass is 9.97. The summed E-state index contributed by atoms with van der Waals surface area (Å²) < 4.78 is 18.3. The van der Waals surface area contributed by atoms with Crippen molar-refractivity contribution < 1.29 is 18.7 Å². The number of nitrogens with zero attached hydrogens (tertiary/aromatic N) is 2. The zero-order valence-electron chi connectivity index (χ0n) is 13.7. The minimum absolute atomic E-state index is 0.230. The quantitative estimate of drug-likeness (QED) is 0.646. The third-order valence-corrected chi connectivity index (χ3v) is 4.06. The minimum atomic E-state index is -1.16. The van der Waals surface area contributed by atoms with Crippen LogP contribution in [0, 0.1) is 5.82 Å². The Morgan fingerprint density at radius 2 is 1.96 bits per heavy atom. The van der Waals surface area contributed by atoms with Gasteiger partial charge in [0.05, 0.1) is 12.3 Å². The van der Waals surface area contributed by atoms with Crippen molar-refractivity contribution in [3.8, 4) is 5.75 Å². The average Bonchev–Trinajstić information content (AvgIpc) is 2.84. The second-order valence-corrected chi connectivity index (χ2v) is 5.88. The fourth-order valence-electron chi connectivity index (χ4n) is 2.68. The van der Waals surface area contributed by atoms with Crippen molar-refractivity contribution in [3.05, 3.63) is 60.2 Å². The fourth-order valence-corrected chi connectivity index (χ4v) is 2.68. The standard InChI is InChI=1S/C18H18FN3O3/c1-18(15-5-2-3-10-20-15)16(23)22(17(24)21-18)11-4-12-25-14-8-6-13(19)7-9-14/h2-3,5-10H,4,11-12H2,1H3,(H,21,24). The number of ether oxygens (including phenoxy) is 1. The summed E-state index contributed by atoms with van der Waals surface area (Å²) in [5, 5.41) is 2.70. The van der Waals surface area contributed by atoms with Gasteiger partial charge in [0.15, 0.2) is 5.54 Å². The van der Waals surface area contributed by atoms with Crippen molar-refractivity contribution in [2.75, 3.05) is 13.2 Å². The van der Waals surface area contributed by atoms with Gasteiger partial charge in [0.25, 0.3) is 5.91 Å². The van der Waals surface area contributed by atoms with E-state index in [9.17, 15) is 14.0 Å². The molecule has 1 atom stereocenters. The molecule has 1 N–H and O–H groups in total. The first-order valence-corrected chi connectivity index (χ1v) is 7.95. The van der Waals surface area contributed by atoms with Crippen LogP contribution >= 0.6 is 0 Å². The molecule has 7 heteroatoms. The van der Waals surface area contributed by atoms with Crippen molar-refractivity contribution in [1.29, 1.82) is 0 Å². The number of pyridine rings is 1. The largest absolute Gasteiger partial charge is 0.494 e. The number of carbonyl (C=O) groups excluding carboxylic acids is 2. The summed E-state index contributed by atoms with van der Waals surface area (Å²) in [6.07, 6.45) is 2.05. The first-order chi connectivity index (χ1) is 12.0. The van der Waals surface area contributed by atoms with Crippen LogP contribution in [0.4, 0.5) is 9.18 Å². The van der Waals surface area contributed by atoms with Crippen LogP contribution in [0.3, 0.4) is 0 Å². The number of imide groups is 1. The number of amides is 3. The van der Waals surface area contributed by atoms with E-state index >= 15 is 0 Å². The van der Waals surface area contributed by atoms with Gasteiger partial charge in [0.1, 0.15) is 11.6 Å². The Morgan fingerprint density at radius 1 is 1.20 bits per heavy atom. The highest BCUT2D eigenvalue weighted by Crippen LogP contribution is 2.27. The van der Waals surface area contributed by atoms with Gasteiger partial charge < -0.3 is 10.1 Å². The Hall–Kier alpha value is -2.96. The molecule has 1 saturated heterocycles. The maximum Gasteiger partial charge on any atom is 0.325 e. The highest BCUT2D eigenvalue weighted by molar-refractivity contribution is 6.06. The molecule has 0 spiro atoms. The Balaban J connectivity index is 1.57. The zero-order valence-corrected chi connectivity index (χ0v) is 13.7. The predicted octanol–water partition coefficient (Wildman–Crippen LogP) is 2.46. The van der Waals surface area contributed by atoms with Crippen LogP contribution in [0.15, 0.2) is 48.7 Å². The van der Waals surface area contributed by atoms with Crippen LogP contribution in [0.25, 0.3) is 0 Å². The number of hydrogen-bond acceptors (Lipinski definition) is 4. The van der Waals surface area contributed by atoms with Gasteiger partial charge in [-0.15, -0.1) is 0 Å². The van der Waals surface area contributed by atoms with Gasteiger partial charge in [-0.1, -0.05) is 6.07 Å². The normalized spacial score (nSPS) is 19.8. The number of benzene rings is 1. The summed E-state index contributed by atoms with van der Waals surface area (Å²) in [6, 6.07) is 10.5. The van der Waals surface area contributed by atoms with Crippen LogP contribution in [0.1, 0.15) is 19.0 Å². The van der Waals surface area contributed by atoms with Crippen molar-refractivity contribution in [2.45, 2.75) is 18.9 Å². The molecule has 2 aromatic rings. The smallest absolute Gasteiger partial charge is 0.325 e. The van der Waals surface area contributed by atoms with E-state index in [1.165, 1.54) is 29.2 Å². The van der Waals surface area contributed by atoms with Crippen molar-refractivity contribution in [2.24, 2.45) is 0 Å². The molecule has 0 aliphatic carbocycles. The van der Waals surface area contributed by atoms with Gasteiger partial charge in [-0.05, 0) is 49.7 Å². The van der Waals surface area contributed by atoms with Crippen LogP contribution in [-0.4, -0.2) is 35.0 Å². The number of nitrogens with one attached hydrogen (secondary N) is 1. The lowest BCUT2D eigenvalue weighted by Crippen LogP contribution is -2.41. The molecule has 1 aromatic carbocycles. The number of aromatic nitrogens is 1. The van der Waals surface area contributed by atoms with E-state index in [1.807, 2.05) is 0 Å². The molecule has 0 saturated carbocycles.